The zero-order chi connectivity index (χ0) is 18.3. The van der Waals surface area contributed by atoms with Crippen LogP contribution in [0.4, 0.5) is 8.78 Å². The van der Waals surface area contributed by atoms with E-state index in [1.165, 1.54) is 26.4 Å². The molecule has 2 aromatic carbocycles. The number of aromatic nitrogens is 2. The van der Waals surface area contributed by atoms with Crippen LogP contribution >= 0.6 is 11.8 Å². The van der Waals surface area contributed by atoms with Gasteiger partial charge in [-0.25, -0.2) is 13.8 Å². The third-order valence-corrected chi connectivity index (χ3v) is 5.29. The van der Waals surface area contributed by atoms with Gasteiger partial charge in [0.05, 0.1) is 25.6 Å². The lowest BCUT2D eigenvalue weighted by Crippen LogP contribution is -1.99. The third kappa shape index (κ3) is 2.72. The van der Waals surface area contributed by atoms with Crippen LogP contribution in [0.5, 0.6) is 11.5 Å². The van der Waals surface area contributed by atoms with Crippen LogP contribution < -0.4 is 9.47 Å². The van der Waals surface area contributed by atoms with Crippen molar-refractivity contribution in [3.05, 3.63) is 48.0 Å². The van der Waals surface area contributed by atoms with Crippen LogP contribution in [-0.4, -0.2) is 29.5 Å². The molecule has 0 fully saturated rings. The molecule has 0 saturated heterocycles. The second kappa shape index (κ2) is 6.64. The van der Waals surface area contributed by atoms with E-state index in [2.05, 4.69) is 4.98 Å². The first-order valence-corrected chi connectivity index (χ1v) is 9.02. The smallest absolute Gasteiger partial charge is 0.169 e. The van der Waals surface area contributed by atoms with Gasteiger partial charge >= 0.3 is 0 Å². The van der Waals surface area contributed by atoms with Crippen LogP contribution in [0, 0.1) is 11.6 Å². The van der Waals surface area contributed by atoms with Gasteiger partial charge in [0.2, 0.25) is 0 Å². The van der Waals surface area contributed by atoms with E-state index in [-0.39, 0.29) is 11.5 Å². The van der Waals surface area contributed by atoms with E-state index in [9.17, 15) is 8.78 Å². The molecule has 1 aliphatic rings. The standard InChI is InChI=1S/C19H16F2N2O2S/c1-24-15-5-3-11(9-13(15)20)17-18(23-7-8-26-19(23)22-17)12-4-6-16(25-2)14(21)10-12/h3-6,9-10H,7-8H2,1-2H3. The van der Waals surface area contributed by atoms with Crippen molar-refractivity contribution in [1.29, 1.82) is 0 Å². The highest BCUT2D eigenvalue weighted by molar-refractivity contribution is 7.99. The van der Waals surface area contributed by atoms with Gasteiger partial charge in [0.15, 0.2) is 28.3 Å². The van der Waals surface area contributed by atoms with Crippen LogP contribution in [0.25, 0.3) is 22.5 Å². The molecule has 134 valence electrons. The van der Waals surface area contributed by atoms with Gasteiger partial charge in [-0.15, -0.1) is 0 Å². The Morgan fingerprint density at radius 2 is 1.58 bits per heavy atom. The molecule has 0 amide bonds. The van der Waals surface area contributed by atoms with Gasteiger partial charge < -0.3 is 14.0 Å². The summed E-state index contributed by atoms with van der Waals surface area (Å²) in [6, 6.07) is 9.53. The lowest BCUT2D eigenvalue weighted by molar-refractivity contribution is 0.386. The number of methoxy groups -OCH3 is 2. The van der Waals surface area contributed by atoms with Crippen molar-refractivity contribution in [2.45, 2.75) is 11.7 Å². The maximum absolute atomic E-state index is 14.3. The average Bonchev–Trinajstić information content (AvgIpc) is 3.22. The maximum Gasteiger partial charge on any atom is 0.169 e. The van der Waals surface area contributed by atoms with Crippen molar-refractivity contribution >= 4 is 11.8 Å². The molecule has 4 rings (SSSR count). The topological polar surface area (TPSA) is 36.3 Å². The van der Waals surface area contributed by atoms with Gasteiger partial charge in [-0.2, -0.15) is 0 Å². The van der Waals surface area contributed by atoms with Gasteiger partial charge in [-0.3, -0.25) is 0 Å². The largest absolute Gasteiger partial charge is 0.494 e. The van der Waals surface area contributed by atoms with Crippen molar-refractivity contribution in [2.24, 2.45) is 0 Å². The molecule has 0 bridgehead atoms. The Morgan fingerprint density at radius 3 is 2.19 bits per heavy atom. The Labute approximate surface area is 153 Å². The summed E-state index contributed by atoms with van der Waals surface area (Å²) in [7, 11) is 2.85. The summed E-state index contributed by atoms with van der Waals surface area (Å²) in [5.74, 6) is 0.356. The van der Waals surface area contributed by atoms with E-state index in [0.717, 1.165) is 23.1 Å². The van der Waals surface area contributed by atoms with E-state index in [1.807, 2.05) is 4.57 Å². The number of nitrogens with zero attached hydrogens (tertiary/aromatic N) is 2. The van der Waals surface area contributed by atoms with E-state index in [1.54, 1.807) is 36.0 Å². The number of hydrogen-bond acceptors (Lipinski definition) is 4. The Kier molecular flexibility index (Phi) is 4.32. The molecular weight excluding hydrogens is 358 g/mol. The second-order valence-corrected chi connectivity index (χ2v) is 6.85. The van der Waals surface area contributed by atoms with E-state index in [0.29, 0.717) is 16.8 Å². The fourth-order valence-electron chi connectivity index (χ4n) is 3.10. The fraction of sp³-hybridized carbons (Fsp3) is 0.211. The summed E-state index contributed by atoms with van der Waals surface area (Å²) in [6.45, 7) is 0.772. The minimum absolute atomic E-state index is 0.173. The second-order valence-electron chi connectivity index (χ2n) is 5.79. The van der Waals surface area contributed by atoms with Crippen LogP contribution in [0.1, 0.15) is 0 Å². The molecule has 0 spiro atoms. The highest BCUT2D eigenvalue weighted by Gasteiger charge is 2.25. The van der Waals surface area contributed by atoms with Gasteiger partial charge in [0, 0.05) is 23.4 Å². The maximum atomic E-state index is 14.3. The summed E-state index contributed by atoms with van der Waals surface area (Å²) in [6.07, 6.45) is 0. The van der Waals surface area contributed by atoms with Crippen molar-refractivity contribution in [2.75, 3.05) is 20.0 Å². The van der Waals surface area contributed by atoms with Crippen molar-refractivity contribution in [1.82, 2.24) is 9.55 Å². The van der Waals surface area contributed by atoms with Gasteiger partial charge in [0.1, 0.15) is 0 Å². The number of imidazole rings is 1. The molecule has 26 heavy (non-hydrogen) atoms. The number of ether oxygens (including phenoxy) is 2. The molecule has 0 radical (unpaired) electrons. The first kappa shape index (κ1) is 16.9. The summed E-state index contributed by atoms with van der Waals surface area (Å²) >= 11 is 1.63. The molecule has 1 aromatic heterocycles. The Morgan fingerprint density at radius 1 is 0.962 bits per heavy atom. The monoisotopic (exact) mass is 374 g/mol. The van der Waals surface area contributed by atoms with Crippen molar-refractivity contribution in [3.8, 4) is 34.0 Å². The number of hydrogen-bond donors (Lipinski definition) is 0. The molecule has 3 aromatic rings. The molecule has 2 heterocycles. The summed E-state index contributed by atoms with van der Waals surface area (Å²) in [5, 5.41) is 0.849. The van der Waals surface area contributed by atoms with Crippen molar-refractivity contribution in [3.63, 3.8) is 0 Å². The van der Waals surface area contributed by atoms with E-state index < -0.39 is 11.6 Å². The molecule has 0 atom stereocenters. The van der Waals surface area contributed by atoms with E-state index >= 15 is 0 Å². The molecule has 7 heteroatoms. The SMILES string of the molecule is COc1ccc(-c2nc3n(c2-c2ccc(OC)c(F)c2)CCS3)cc1F. The highest BCUT2D eigenvalue weighted by Crippen LogP contribution is 2.40. The molecule has 0 saturated carbocycles. The number of fused-ring (bicyclic) bond motifs is 1. The lowest BCUT2D eigenvalue weighted by atomic mass is 10.0. The first-order chi connectivity index (χ1) is 12.6. The van der Waals surface area contributed by atoms with Gasteiger partial charge in [-0.05, 0) is 36.4 Å². The summed E-state index contributed by atoms with van der Waals surface area (Å²) in [4.78, 5) is 4.67. The molecular formula is C19H16F2N2O2S. The Balaban J connectivity index is 1.89. The Hall–Kier alpha value is -2.54. The van der Waals surface area contributed by atoms with Crippen LogP contribution in [0.2, 0.25) is 0 Å². The van der Waals surface area contributed by atoms with E-state index in [4.69, 9.17) is 9.47 Å². The zero-order valence-electron chi connectivity index (χ0n) is 14.3. The van der Waals surface area contributed by atoms with Crippen LogP contribution in [0.15, 0.2) is 41.6 Å². The summed E-state index contributed by atoms with van der Waals surface area (Å²) < 4.78 is 40.5. The first-order valence-electron chi connectivity index (χ1n) is 8.03. The van der Waals surface area contributed by atoms with Gasteiger partial charge in [-0.1, -0.05) is 11.8 Å². The molecule has 0 aliphatic carbocycles. The van der Waals surface area contributed by atoms with Gasteiger partial charge in [0.25, 0.3) is 0 Å². The third-order valence-electron chi connectivity index (χ3n) is 4.33. The lowest BCUT2D eigenvalue weighted by Gasteiger charge is -2.10. The average molecular weight is 374 g/mol. The Bertz CT molecular complexity index is 988. The highest BCUT2D eigenvalue weighted by atomic mass is 32.2. The number of thioether (sulfide) groups is 1. The fourth-order valence-corrected chi connectivity index (χ4v) is 4.05. The minimum Gasteiger partial charge on any atom is -0.494 e. The molecule has 1 aliphatic heterocycles. The molecule has 0 N–H and O–H groups in total. The molecule has 0 unspecified atom stereocenters. The predicted molar refractivity (Wildman–Crippen MR) is 96.8 cm³/mol. The van der Waals surface area contributed by atoms with Crippen LogP contribution in [0.3, 0.4) is 0 Å². The number of rotatable bonds is 4. The van der Waals surface area contributed by atoms with Crippen molar-refractivity contribution < 1.29 is 18.3 Å². The van der Waals surface area contributed by atoms with Crippen LogP contribution in [-0.2, 0) is 6.54 Å². The number of halogens is 2. The zero-order valence-corrected chi connectivity index (χ0v) is 15.1. The minimum atomic E-state index is -0.460. The quantitative estimate of drug-likeness (QED) is 0.668. The predicted octanol–water partition coefficient (Wildman–Crippen LogP) is 4.62. The summed E-state index contributed by atoms with van der Waals surface area (Å²) in [5.41, 5.74) is 2.70. The number of benzene rings is 2. The molecule has 4 nitrogen and oxygen atoms in total. The normalized spacial score (nSPS) is 12.9.